The molecule has 0 saturated heterocycles. The maximum absolute atomic E-state index is 12.5. The second-order valence-electron chi connectivity index (χ2n) is 5.59. The molecule has 0 spiro atoms. The number of aromatic nitrogens is 1. The van der Waals surface area contributed by atoms with Crippen LogP contribution in [0.5, 0.6) is 0 Å². The van der Waals surface area contributed by atoms with Gasteiger partial charge in [0.25, 0.3) is 0 Å². The summed E-state index contributed by atoms with van der Waals surface area (Å²) in [7, 11) is -1.49. The van der Waals surface area contributed by atoms with Crippen LogP contribution < -0.4 is 0 Å². The molecule has 0 saturated carbocycles. The van der Waals surface area contributed by atoms with Crippen molar-refractivity contribution in [3.63, 3.8) is 0 Å². The van der Waals surface area contributed by atoms with Crippen molar-refractivity contribution in [2.45, 2.75) is 19.6 Å². The smallest absolute Gasteiger partial charge is 0.195 e. The molecular weight excluding hydrogens is 262 g/mol. The molecule has 0 bridgehead atoms. The van der Waals surface area contributed by atoms with Crippen molar-refractivity contribution in [1.82, 2.24) is 4.98 Å². The molecule has 0 aliphatic carbocycles. The zero-order valence-electron chi connectivity index (χ0n) is 12.0. The lowest BCUT2D eigenvalue weighted by Gasteiger charge is -2.05. The minimum Gasteiger partial charge on any atom is -0.289 e. The fraction of sp³-hybridized carbons (Fsp3) is 0.176. The van der Waals surface area contributed by atoms with Gasteiger partial charge in [0.2, 0.25) is 0 Å². The van der Waals surface area contributed by atoms with Crippen molar-refractivity contribution in [3.05, 3.63) is 65.5 Å². The largest absolute Gasteiger partial charge is 0.289 e. The van der Waals surface area contributed by atoms with Crippen LogP contribution in [0, 0.1) is 11.5 Å². The van der Waals surface area contributed by atoms with Crippen molar-refractivity contribution in [1.29, 1.82) is 0 Å². The Kier molecular flexibility index (Phi) is 4.16. The van der Waals surface area contributed by atoms with E-state index in [-0.39, 0.29) is 5.78 Å². The summed E-state index contributed by atoms with van der Waals surface area (Å²) in [5.41, 5.74) is 5.07. The van der Waals surface area contributed by atoms with E-state index in [0.29, 0.717) is 16.8 Å². The number of ketones is 1. The third-order valence-electron chi connectivity index (χ3n) is 2.64. The Hall–Kier alpha value is -2.18. The van der Waals surface area contributed by atoms with Crippen molar-refractivity contribution < 1.29 is 4.79 Å². The molecule has 0 atom stereocenters. The van der Waals surface area contributed by atoms with Gasteiger partial charge < -0.3 is 0 Å². The minimum atomic E-state index is -1.49. The summed E-state index contributed by atoms with van der Waals surface area (Å²) in [4.78, 5) is 16.8. The Balaban J connectivity index is 2.43. The number of nitrogens with zero attached hydrogens (tertiary/aromatic N) is 1. The van der Waals surface area contributed by atoms with E-state index in [9.17, 15) is 4.79 Å². The molecule has 1 aromatic heterocycles. The fourth-order valence-corrected chi connectivity index (χ4v) is 2.17. The topological polar surface area (TPSA) is 30.0 Å². The summed E-state index contributed by atoms with van der Waals surface area (Å²) < 4.78 is 0. The lowest BCUT2D eigenvalue weighted by Crippen LogP contribution is -2.16. The highest BCUT2D eigenvalue weighted by Crippen LogP contribution is 2.12. The predicted octanol–water partition coefficient (Wildman–Crippen LogP) is 3.54. The second-order valence-corrected chi connectivity index (χ2v) is 10.3. The normalized spacial score (nSPS) is 10.6. The molecular formula is C17H17NOSi. The van der Waals surface area contributed by atoms with Crippen molar-refractivity contribution in [2.75, 3.05) is 0 Å². The van der Waals surface area contributed by atoms with Gasteiger partial charge in [0.1, 0.15) is 13.8 Å². The summed E-state index contributed by atoms with van der Waals surface area (Å²) in [5, 5.41) is 0. The van der Waals surface area contributed by atoms with Gasteiger partial charge in [-0.25, -0.2) is 4.98 Å². The Bertz CT molecular complexity index is 675. The first-order chi connectivity index (χ1) is 9.47. The van der Waals surface area contributed by atoms with Gasteiger partial charge in [-0.2, -0.15) is 0 Å². The second kappa shape index (κ2) is 5.85. The van der Waals surface area contributed by atoms with Crippen LogP contribution in [0.3, 0.4) is 0 Å². The molecule has 2 nitrogen and oxygen atoms in total. The molecule has 0 radical (unpaired) electrons. The third-order valence-corrected chi connectivity index (χ3v) is 3.52. The number of hydrogen-bond acceptors (Lipinski definition) is 2. The van der Waals surface area contributed by atoms with E-state index in [2.05, 4.69) is 36.1 Å². The van der Waals surface area contributed by atoms with Crippen LogP contribution in [0.25, 0.3) is 0 Å². The zero-order chi connectivity index (χ0) is 14.6. The van der Waals surface area contributed by atoms with Gasteiger partial charge >= 0.3 is 0 Å². The Morgan fingerprint density at radius 3 is 2.40 bits per heavy atom. The number of pyridine rings is 1. The zero-order valence-corrected chi connectivity index (χ0v) is 13.0. The number of benzene rings is 1. The SMILES string of the molecule is C[Si](C)(C)C#Cc1ncccc1C(=O)c1ccccc1. The van der Waals surface area contributed by atoms with Crippen molar-refractivity contribution >= 4 is 13.9 Å². The molecule has 20 heavy (non-hydrogen) atoms. The average molecular weight is 279 g/mol. The van der Waals surface area contributed by atoms with Crippen LogP contribution in [0.2, 0.25) is 19.6 Å². The van der Waals surface area contributed by atoms with E-state index < -0.39 is 8.07 Å². The quantitative estimate of drug-likeness (QED) is 0.478. The van der Waals surface area contributed by atoms with Crippen LogP contribution in [0.1, 0.15) is 21.6 Å². The molecule has 0 fully saturated rings. The highest BCUT2D eigenvalue weighted by atomic mass is 28.3. The maximum atomic E-state index is 12.5. The molecule has 0 aliphatic heterocycles. The first-order valence-electron chi connectivity index (χ1n) is 6.55. The maximum Gasteiger partial charge on any atom is 0.195 e. The molecule has 1 aromatic carbocycles. The number of carbonyl (C=O) groups excluding carboxylic acids is 1. The third kappa shape index (κ3) is 3.66. The van der Waals surface area contributed by atoms with Gasteiger partial charge in [-0.3, -0.25) is 4.79 Å². The van der Waals surface area contributed by atoms with Crippen LogP contribution in [0.15, 0.2) is 48.7 Å². The van der Waals surface area contributed by atoms with Gasteiger partial charge in [0.05, 0.1) is 5.56 Å². The van der Waals surface area contributed by atoms with Crippen LogP contribution >= 0.6 is 0 Å². The molecule has 3 heteroatoms. The molecule has 0 N–H and O–H groups in total. The van der Waals surface area contributed by atoms with E-state index in [0.717, 1.165) is 0 Å². The number of rotatable bonds is 2. The lowest BCUT2D eigenvalue weighted by atomic mass is 10.0. The summed E-state index contributed by atoms with van der Waals surface area (Å²) in [6.45, 7) is 6.50. The van der Waals surface area contributed by atoms with Crippen LogP contribution in [0.4, 0.5) is 0 Å². The fourth-order valence-electron chi connectivity index (χ4n) is 1.68. The van der Waals surface area contributed by atoms with Gasteiger partial charge in [-0.15, -0.1) is 5.54 Å². The number of carbonyl (C=O) groups is 1. The predicted molar refractivity (Wildman–Crippen MR) is 84.3 cm³/mol. The molecule has 0 unspecified atom stereocenters. The van der Waals surface area contributed by atoms with E-state index in [1.54, 1.807) is 18.3 Å². The van der Waals surface area contributed by atoms with E-state index >= 15 is 0 Å². The van der Waals surface area contributed by atoms with Crippen molar-refractivity contribution in [2.24, 2.45) is 0 Å². The highest BCUT2D eigenvalue weighted by molar-refractivity contribution is 6.83. The van der Waals surface area contributed by atoms with E-state index in [4.69, 9.17) is 0 Å². The molecule has 0 amide bonds. The molecule has 1 heterocycles. The van der Waals surface area contributed by atoms with E-state index in [1.165, 1.54) is 0 Å². The van der Waals surface area contributed by atoms with Gasteiger partial charge in [-0.05, 0) is 12.1 Å². The molecule has 2 aromatic rings. The molecule has 100 valence electrons. The van der Waals surface area contributed by atoms with Crippen LogP contribution in [-0.2, 0) is 0 Å². The Labute approximate surface area is 120 Å². The van der Waals surface area contributed by atoms with Crippen molar-refractivity contribution in [3.8, 4) is 11.5 Å². The van der Waals surface area contributed by atoms with Crippen LogP contribution in [-0.4, -0.2) is 18.8 Å². The summed E-state index contributed by atoms with van der Waals surface area (Å²) in [6, 6.07) is 12.8. The Morgan fingerprint density at radius 1 is 1.05 bits per heavy atom. The minimum absolute atomic E-state index is 0.0291. The Morgan fingerprint density at radius 2 is 1.75 bits per heavy atom. The van der Waals surface area contributed by atoms with Gasteiger partial charge in [0, 0.05) is 11.8 Å². The average Bonchev–Trinajstić information content (AvgIpc) is 2.45. The summed E-state index contributed by atoms with van der Waals surface area (Å²) in [6.07, 6.45) is 1.68. The van der Waals surface area contributed by atoms with E-state index in [1.807, 2.05) is 30.3 Å². The molecule has 2 rings (SSSR count). The first kappa shape index (κ1) is 14.2. The molecule has 0 aliphatic rings. The lowest BCUT2D eigenvalue weighted by molar-refractivity contribution is 0.103. The number of hydrogen-bond donors (Lipinski definition) is 0. The summed E-state index contributed by atoms with van der Waals surface area (Å²) >= 11 is 0. The first-order valence-corrected chi connectivity index (χ1v) is 10.1. The van der Waals surface area contributed by atoms with Gasteiger partial charge in [-0.1, -0.05) is 55.9 Å². The van der Waals surface area contributed by atoms with Gasteiger partial charge in [0.15, 0.2) is 5.78 Å². The monoisotopic (exact) mass is 279 g/mol. The highest BCUT2D eigenvalue weighted by Gasteiger charge is 2.14. The summed E-state index contributed by atoms with van der Waals surface area (Å²) in [5.74, 6) is 3.05. The standard InChI is InChI=1S/C17H17NOSi/c1-20(2,3)13-11-16-15(10-7-12-18-16)17(19)14-8-5-4-6-9-14/h4-10,12H,1-3H3.